The van der Waals surface area contributed by atoms with E-state index < -0.39 is 5.91 Å². The molecule has 30 heavy (non-hydrogen) atoms. The van der Waals surface area contributed by atoms with Crippen LogP contribution in [0.2, 0.25) is 0 Å². The highest BCUT2D eigenvalue weighted by Gasteiger charge is 2.16. The van der Waals surface area contributed by atoms with E-state index in [1.165, 1.54) is 0 Å². The Morgan fingerprint density at radius 2 is 1.83 bits per heavy atom. The van der Waals surface area contributed by atoms with Gasteiger partial charge in [-0.15, -0.1) is 11.3 Å². The number of nitrogens with zero attached hydrogens (tertiary/aromatic N) is 4. The molecule has 0 radical (unpaired) electrons. The summed E-state index contributed by atoms with van der Waals surface area (Å²) in [6.45, 7) is 3.92. The van der Waals surface area contributed by atoms with E-state index in [9.17, 15) is 10.0 Å². The van der Waals surface area contributed by atoms with Crippen LogP contribution in [-0.4, -0.2) is 26.1 Å². The first-order valence-corrected chi connectivity index (χ1v) is 10.1. The molecule has 2 aromatic carbocycles. The third kappa shape index (κ3) is 4.19. The number of nitrogens with one attached hydrogen (secondary N) is 1. The highest BCUT2D eigenvalue weighted by Crippen LogP contribution is 2.29. The van der Waals surface area contributed by atoms with Crippen LogP contribution < -0.4 is 10.4 Å². The van der Waals surface area contributed by atoms with Crippen LogP contribution in [0.4, 0.5) is 17.3 Å². The average molecular weight is 417 g/mol. The Morgan fingerprint density at radius 3 is 2.57 bits per heavy atom. The molecule has 0 fully saturated rings. The minimum atomic E-state index is -0.512. The molecule has 7 nitrogen and oxygen atoms in total. The van der Waals surface area contributed by atoms with Gasteiger partial charge >= 0.3 is 0 Å². The molecule has 0 aliphatic carbocycles. The lowest BCUT2D eigenvalue weighted by atomic mass is 10.2. The quantitative estimate of drug-likeness (QED) is 0.351. The largest absolute Gasteiger partial charge is 0.324 e. The summed E-state index contributed by atoms with van der Waals surface area (Å²) in [6, 6.07) is 17.3. The van der Waals surface area contributed by atoms with E-state index in [1.807, 2.05) is 32.0 Å². The van der Waals surface area contributed by atoms with Gasteiger partial charge in [0.15, 0.2) is 0 Å². The fourth-order valence-electron chi connectivity index (χ4n) is 2.98. The Kier molecular flexibility index (Phi) is 5.51. The molecule has 4 rings (SSSR count). The number of anilines is 3. The van der Waals surface area contributed by atoms with Gasteiger partial charge in [0.05, 0.1) is 27.0 Å². The summed E-state index contributed by atoms with van der Waals surface area (Å²) in [5.41, 5.74) is 3.08. The van der Waals surface area contributed by atoms with Crippen LogP contribution in [0.5, 0.6) is 0 Å². The maximum absolute atomic E-state index is 12.5. The van der Waals surface area contributed by atoms with Crippen molar-refractivity contribution in [1.29, 1.82) is 0 Å². The summed E-state index contributed by atoms with van der Waals surface area (Å²) in [5.74, 6) is -0.101. The van der Waals surface area contributed by atoms with Crippen molar-refractivity contribution in [3.63, 3.8) is 0 Å². The molecule has 150 valence electrons. The molecule has 8 heteroatoms. The second-order valence-electron chi connectivity index (χ2n) is 6.57. The molecule has 1 amide bonds. The van der Waals surface area contributed by atoms with E-state index in [1.54, 1.807) is 60.0 Å². The highest BCUT2D eigenvalue weighted by molar-refractivity contribution is 7.15. The third-order valence-corrected chi connectivity index (χ3v) is 5.45. The van der Waals surface area contributed by atoms with Gasteiger partial charge in [-0.2, -0.15) is 5.06 Å². The van der Waals surface area contributed by atoms with Crippen LogP contribution in [0.25, 0.3) is 10.6 Å². The van der Waals surface area contributed by atoms with Gasteiger partial charge in [0.25, 0.3) is 5.91 Å². The minimum Gasteiger partial charge on any atom is -0.324 e. The van der Waals surface area contributed by atoms with Gasteiger partial charge in [0.1, 0.15) is 0 Å². The SMILES string of the molecule is Cc1nc(C)c(-c2ccnc(Nc3cccc(N(O)C(=O)c4ccccc4)c3)n2)s1. The number of aryl methyl sites for hydroxylation is 2. The monoisotopic (exact) mass is 417 g/mol. The predicted octanol–water partition coefficient (Wildman–Crippen LogP) is 5.00. The van der Waals surface area contributed by atoms with E-state index in [0.29, 0.717) is 27.9 Å². The summed E-state index contributed by atoms with van der Waals surface area (Å²) in [7, 11) is 0. The normalized spacial score (nSPS) is 10.6. The number of benzene rings is 2. The molecule has 0 spiro atoms. The smallest absolute Gasteiger partial charge is 0.281 e. The molecule has 4 aromatic rings. The highest BCUT2D eigenvalue weighted by atomic mass is 32.1. The Balaban J connectivity index is 1.56. The molecule has 0 aliphatic rings. The maximum atomic E-state index is 12.5. The van der Waals surface area contributed by atoms with Gasteiger partial charge < -0.3 is 5.32 Å². The van der Waals surface area contributed by atoms with E-state index >= 15 is 0 Å². The van der Waals surface area contributed by atoms with Gasteiger partial charge in [-0.1, -0.05) is 24.3 Å². The van der Waals surface area contributed by atoms with Crippen molar-refractivity contribution in [1.82, 2.24) is 15.0 Å². The lowest BCUT2D eigenvalue weighted by Crippen LogP contribution is -2.26. The molecule has 0 saturated carbocycles. The fourth-order valence-corrected chi connectivity index (χ4v) is 3.87. The average Bonchev–Trinajstić information content (AvgIpc) is 3.11. The van der Waals surface area contributed by atoms with Crippen molar-refractivity contribution >= 4 is 34.6 Å². The number of amides is 1. The van der Waals surface area contributed by atoms with Gasteiger partial charge in [0.2, 0.25) is 5.95 Å². The summed E-state index contributed by atoms with van der Waals surface area (Å²) < 4.78 is 0. The van der Waals surface area contributed by atoms with Crippen LogP contribution in [0.1, 0.15) is 21.1 Å². The molecule has 2 heterocycles. The lowest BCUT2D eigenvalue weighted by Gasteiger charge is -2.16. The second-order valence-corrected chi connectivity index (χ2v) is 7.77. The van der Waals surface area contributed by atoms with Crippen molar-refractivity contribution in [2.45, 2.75) is 13.8 Å². The zero-order valence-electron chi connectivity index (χ0n) is 16.4. The van der Waals surface area contributed by atoms with Gasteiger partial charge in [-0.25, -0.2) is 15.0 Å². The zero-order valence-corrected chi connectivity index (χ0v) is 17.2. The summed E-state index contributed by atoms with van der Waals surface area (Å²) >= 11 is 1.58. The first-order valence-electron chi connectivity index (χ1n) is 9.24. The Hall–Kier alpha value is -3.62. The first-order chi connectivity index (χ1) is 14.5. The van der Waals surface area contributed by atoms with Gasteiger partial charge in [-0.05, 0) is 50.2 Å². The molecular weight excluding hydrogens is 398 g/mol. The van der Waals surface area contributed by atoms with E-state index in [2.05, 4.69) is 20.3 Å². The number of carbonyl (C=O) groups excluding carboxylic acids is 1. The van der Waals surface area contributed by atoms with Crippen LogP contribution in [0.3, 0.4) is 0 Å². The number of rotatable bonds is 5. The van der Waals surface area contributed by atoms with Crippen molar-refractivity contribution in [2.24, 2.45) is 0 Å². The second kappa shape index (κ2) is 8.40. The zero-order chi connectivity index (χ0) is 21.1. The number of hydroxylamine groups is 1. The molecular formula is C22H19N5O2S. The molecule has 0 saturated heterocycles. The van der Waals surface area contributed by atoms with E-state index in [4.69, 9.17) is 0 Å². The molecule has 2 aromatic heterocycles. The summed E-state index contributed by atoms with van der Waals surface area (Å²) in [6.07, 6.45) is 1.68. The molecule has 0 bridgehead atoms. The van der Waals surface area contributed by atoms with Crippen molar-refractivity contribution in [3.8, 4) is 10.6 Å². The topological polar surface area (TPSA) is 91.2 Å². The van der Waals surface area contributed by atoms with E-state index in [-0.39, 0.29) is 0 Å². The van der Waals surface area contributed by atoms with Crippen molar-refractivity contribution in [2.75, 3.05) is 10.4 Å². The minimum absolute atomic E-state index is 0.332. The number of carbonyl (C=O) groups is 1. The molecule has 0 atom stereocenters. The van der Waals surface area contributed by atoms with Crippen molar-refractivity contribution < 1.29 is 10.0 Å². The van der Waals surface area contributed by atoms with Gasteiger partial charge in [0, 0.05) is 17.4 Å². The third-order valence-electron chi connectivity index (χ3n) is 4.35. The van der Waals surface area contributed by atoms with Gasteiger partial charge in [-0.3, -0.25) is 10.0 Å². The first kappa shape index (κ1) is 19.7. The Bertz CT molecular complexity index is 1190. The van der Waals surface area contributed by atoms with Crippen LogP contribution in [-0.2, 0) is 0 Å². The summed E-state index contributed by atoms with van der Waals surface area (Å²) in [4.78, 5) is 26.8. The number of thiazole rings is 1. The predicted molar refractivity (Wildman–Crippen MR) is 117 cm³/mol. The maximum Gasteiger partial charge on any atom is 0.281 e. The van der Waals surface area contributed by atoms with Crippen LogP contribution >= 0.6 is 11.3 Å². The van der Waals surface area contributed by atoms with Crippen LogP contribution in [0, 0.1) is 13.8 Å². The summed E-state index contributed by atoms with van der Waals surface area (Å²) in [5, 5.41) is 15.1. The lowest BCUT2D eigenvalue weighted by molar-refractivity contribution is 0.0855. The molecule has 0 aliphatic heterocycles. The molecule has 0 unspecified atom stereocenters. The number of hydrogen-bond acceptors (Lipinski definition) is 7. The van der Waals surface area contributed by atoms with Crippen LogP contribution in [0.15, 0.2) is 66.9 Å². The van der Waals surface area contributed by atoms with Crippen molar-refractivity contribution in [3.05, 3.63) is 83.1 Å². The Labute approximate surface area is 177 Å². The van der Waals surface area contributed by atoms with E-state index in [0.717, 1.165) is 21.3 Å². The molecule has 2 N–H and O–H groups in total. The standard InChI is InChI=1S/C22H19N5O2S/c1-14-20(30-15(2)24-14)19-11-12-23-22(26-19)25-17-9-6-10-18(13-17)27(29)21(28)16-7-4-3-5-8-16/h3-13,29H,1-2H3,(H,23,25,26). The Morgan fingerprint density at radius 1 is 1.03 bits per heavy atom. The number of hydrogen-bond donors (Lipinski definition) is 2. The fraction of sp³-hybridized carbons (Fsp3) is 0.0909. The number of aromatic nitrogens is 3.